The van der Waals surface area contributed by atoms with Crippen LogP contribution in [-0.4, -0.2) is 38.9 Å². The van der Waals surface area contributed by atoms with Gasteiger partial charge in [0.15, 0.2) is 5.78 Å². The van der Waals surface area contributed by atoms with Crippen LogP contribution in [0.5, 0.6) is 0 Å². The van der Waals surface area contributed by atoms with Crippen LogP contribution < -0.4 is 0 Å². The molecule has 0 bridgehead atoms. The average molecular weight is 368 g/mol. The van der Waals surface area contributed by atoms with Gasteiger partial charge >= 0.3 is 0 Å². The molecule has 0 saturated carbocycles. The highest BCUT2D eigenvalue weighted by molar-refractivity contribution is 5.99. The molecule has 1 aromatic heterocycles. The van der Waals surface area contributed by atoms with Crippen molar-refractivity contribution in [1.82, 2.24) is 9.47 Å². The summed E-state index contributed by atoms with van der Waals surface area (Å²) < 4.78 is 1.73. The van der Waals surface area contributed by atoms with Gasteiger partial charge < -0.3 is 14.6 Å². The molecule has 5 nitrogen and oxygen atoms in total. The van der Waals surface area contributed by atoms with E-state index in [0.717, 1.165) is 31.2 Å². The van der Waals surface area contributed by atoms with E-state index in [2.05, 4.69) is 0 Å². The number of hydrogen-bond donors (Lipinski definition) is 1. The Morgan fingerprint density at radius 3 is 2.59 bits per heavy atom. The van der Waals surface area contributed by atoms with E-state index < -0.39 is 6.10 Å². The molecular formula is C22H28N2O3. The number of rotatable bonds is 5. The second-order valence-corrected chi connectivity index (χ2v) is 7.44. The molecule has 3 rings (SSSR count). The lowest BCUT2D eigenvalue weighted by Gasteiger charge is -2.32. The summed E-state index contributed by atoms with van der Waals surface area (Å²) in [4.78, 5) is 26.8. The summed E-state index contributed by atoms with van der Waals surface area (Å²) in [7, 11) is 1.80. The number of ketones is 1. The fourth-order valence-corrected chi connectivity index (χ4v) is 3.88. The van der Waals surface area contributed by atoms with E-state index in [0.29, 0.717) is 24.2 Å². The molecule has 5 heteroatoms. The first-order valence-corrected chi connectivity index (χ1v) is 9.68. The van der Waals surface area contributed by atoms with Crippen molar-refractivity contribution in [1.29, 1.82) is 0 Å². The maximum absolute atomic E-state index is 13.2. The number of benzene rings is 1. The van der Waals surface area contributed by atoms with Crippen LogP contribution in [0.1, 0.15) is 71.5 Å². The lowest BCUT2D eigenvalue weighted by molar-refractivity contribution is 0.0579. The van der Waals surface area contributed by atoms with Crippen molar-refractivity contribution in [3.63, 3.8) is 0 Å². The number of carbonyl (C=O) groups excluding carboxylic acids is 2. The fourth-order valence-electron chi connectivity index (χ4n) is 3.88. The molecule has 0 aliphatic carbocycles. The van der Waals surface area contributed by atoms with Crippen LogP contribution >= 0.6 is 0 Å². The van der Waals surface area contributed by atoms with E-state index in [1.165, 1.54) is 6.92 Å². The molecule has 27 heavy (non-hydrogen) atoms. The minimum Gasteiger partial charge on any atom is -0.388 e. The van der Waals surface area contributed by atoms with Gasteiger partial charge in [0.2, 0.25) is 0 Å². The van der Waals surface area contributed by atoms with Crippen LogP contribution in [0.25, 0.3) is 0 Å². The molecule has 1 N–H and O–H groups in total. The van der Waals surface area contributed by atoms with Crippen molar-refractivity contribution in [3.05, 3.63) is 59.4 Å². The Hall–Kier alpha value is -2.40. The molecular weight excluding hydrogens is 340 g/mol. The maximum atomic E-state index is 13.2. The molecule has 1 amide bonds. The zero-order valence-electron chi connectivity index (χ0n) is 16.1. The normalized spacial score (nSPS) is 18.8. The summed E-state index contributed by atoms with van der Waals surface area (Å²) in [5.74, 6) is -0.103. The lowest BCUT2D eigenvalue weighted by atomic mass is 9.98. The minimum absolute atomic E-state index is 0.00844. The van der Waals surface area contributed by atoms with Crippen LogP contribution in [-0.2, 0) is 7.05 Å². The molecule has 2 aromatic rings. The Labute approximate surface area is 160 Å². The third kappa shape index (κ3) is 4.48. The Morgan fingerprint density at radius 1 is 1.19 bits per heavy atom. The first-order chi connectivity index (χ1) is 13.0. The predicted octanol–water partition coefficient (Wildman–Crippen LogP) is 3.74. The van der Waals surface area contributed by atoms with E-state index in [4.69, 9.17) is 0 Å². The fraction of sp³-hybridized carbons (Fsp3) is 0.455. The van der Waals surface area contributed by atoms with E-state index >= 15 is 0 Å². The average Bonchev–Trinajstić information content (AvgIpc) is 2.91. The van der Waals surface area contributed by atoms with E-state index in [-0.39, 0.29) is 17.7 Å². The van der Waals surface area contributed by atoms with Gasteiger partial charge in [0.1, 0.15) is 5.69 Å². The standard InChI is InChI=1S/C22H28N2O3/c1-16(25)18-13-20(23(2)15-18)22(27)24-12-8-4-7-11-19(24)14-21(26)17-9-5-3-6-10-17/h3,5-6,9-10,13,15,19,21,26H,4,7-8,11-12,14H2,1-2H3/t19-,21-/m1/s1. The number of amides is 1. The summed E-state index contributed by atoms with van der Waals surface area (Å²) >= 11 is 0. The Kier molecular flexibility index (Phi) is 6.11. The summed E-state index contributed by atoms with van der Waals surface area (Å²) in [6, 6.07) is 11.3. The minimum atomic E-state index is -0.592. The highest BCUT2D eigenvalue weighted by Gasteiger charge is 2.30. The van der Waals surface area contributed by atoms with Crippen molar-refractivity contribution in [3.8, 4) is 0 Å². The zero-order valence-corrected chi connectivity index (χ0v) is 16.1. The van der Waals surface area contributed by atoms with Gasteiger partial charge in [-0.1, -0.05) is 43.2 Å². The van der Waals surface area contributed by atoms with Crippen molar-refractivity contribution < 1.29 is 14.7 Å². The Morgan fingerprint density at radius 2 is 1.93 bits per heavy atom. The van der Waals surface area contributed by atoms with Gasteiger partial charge in [-0.2, -0.15) is 0 Å². The van der Waals surface area contributed by atoms with Crippen LogP contribution in [0.4, 0.5) is 0 Å². The van der Waals surface area contributed by atoms with Gasteiger partial charge in [-0.25, -0.2) is 0 Å². The second kappa shape index (κ2) is 8.53. The zero-order chi connectivity index (χ0) is 19.4. The molecule has 2 atom stereocenters. The van der Waals surface area contributed by atoms with E-state index in [9.17, 15) is 14.7 Å². The van der Waals surface area contributed by atoms with Gasteiger partial charge in [0, 0.05) is 31.4 Å². The number of Topliss-reactive ketones (excluding diaryl/α,β-unsaturated/α-hetero) is 1. The summed E-state index contributed by atoms with van der Waals surface area (Å²) in [5.41, 5.74) is 1.96. The van der Waals surface area contributed by atoms with Crippen molar-refractivity contribution in [2.75, 3.05) is 6.54 Å². The van der Waals surface area contributed by atoms with Gasteiger partial charge in [0.25, 0.3) is 5.91 Å². The highest BCUT2D eigenvalue weighted by Crippen LogP contribution is 2.28. The lowest BCUT2D eigenvalue weighted by Crippen LogP contribution is -2.41. The second-order valence-electron chi connectivity index (χ2n) is 7.44. The monoisotopic (exact) mass is 368 g/mol. The van der Waals surface area contributed by atoms with Crippen molar-refractivity contribution >= 4 is 11.7 Å². The number of likely N-dealkylation sites (tertiary alicyclic amines) is 1. The first-order valence-electron chi connectivity index (χ1n) is 9.68. The smallest absolute Gasteiger partial charge is 0.270 e. The summed E-state index contributed by atoms with van der Waals surface area (Å²) in [5, 5.41) is 10.7. The first kappa shape index (κ1) is 19.4. The molecule has 1 aliphatic heterocycles. The van der Waals surface area contributed by atoms with Gasteiger partial charge in [-0.3, -0.25) is 9.59 Å². The molecule has 1 aliphatic rings. The molecule has 0 unspecified atom stereocenters. The van der Waals surface area contributed by atoms with Gasteiger partial charge in [0.05, 0.1) is 6.10 Å². The molecule has 0 radical (unpaired) electrons. The van der Waals surface area contributed by atoms with Crippen molar-refractivity contribution in [2.24, 2.45) is 7.05 Å². The molecule has 0 spiro atoms. The largest absolute Gasteiger partial charge is 0.388 e. The number of aliphatic hydroxyl groups is 1. The topological polar surface area (TPSA) is 62.5 Å². The Bertz CT molecular complexity index is 797. The van der Waals surface area contributed by atoms with Gasteiger partial charge in [-0.15, -0.1) is 0 Å². The van der Waals surface area contributed by atoms with E-state index in [1.54, 1.807) is 23.9 Å². The third-order valence-corrected chi connectivity index (χ3v) is 5.45. The molecule has 1 aromatic carbocycles. The number of aliphatic hydroxyl groups excluding tert-OH is 1. The molecule has 1 fully saturated rings. The maximum Gasteiger partial charge on any atom is 0.270 e. The van der Waals surface area contributed by atoms with Gasteiger partial charge in [-0.05, 0) is 37.8 Å². The van der Waals surface area contributed by atoms with Crippen LogP contribution in [0.15, 0.2) is 42.6 Å². The Balaban J connectivity index is 1.82. The number of carbonyl (C=O) groups is 2. The molecule has 1 saturated heterocycles. The predicted molar refractivity (Wildman–Crippen MR) is 105 cm³/mol. The highest BCUT2D eigenvalue weighted by atomic mass is 16.3. The van der Waals surface area contributed by atoms with Crippen LogP contribution in [0, 0.1) is 0 Å². The SMILES string of the molecule is CC(=O)c1cc(C(=O)N2CCCCC[C@@H]2C[C@@H](O)c2ccccc2)n(C)c1. The number of nitrogens with zero attached hydrogens (tertiary/aromatic N) is 2. The van der Waals surface area contributed by atoms with Crippen LogP contribution in [0.2, 0.25) is 0 Å². The number of hydrogen-bond acceptors (Lipinski definition) is 3. The molecule has 2 heterocycles. The van der Waals surface area contributed by atoms with Crippen LogP contribution in [0.3, 0.4) is 0 Å². The quantitative estimate of drug-likeness (QED) is 0.818. The van der Waals surface area contributed by atoms with Crippen molar-refractivity contribution in [2.45, 2.75) is 51.2 Å². The number of aryl methyl sites for hydroxylation is 1. The third-order valence-electron chi connectivity index (χ3n) is 5.45. The molecule has 144 valence electrons. The summed E-state index contributed by atoms with van der Waals surface area (Å²) in [6.07, 6.45) is 5.65. The number of aromatic nitrogens is 1. The van der Waals surface area contributed by atoms with E-state index in [1.807, 2.05) is 35.2 Å². The summed E-state index contributed by atoms with van der Waals surface area (Å²) in [6.45, 7) is 2.19.